The molecular weight excluding hydrogens is 257 g/mol. The number of hydrogen-bond acceptors (Lipinski definition) is 2. The first-order chi connectivity index (χ1) is 9.63. The van der Waals surface area contributed by atoms with Gasteiger partial charge in [-0.25, -0.2) is 4.39 Å². The molecule has 0 aliphatic heterocycles. The molecule has 0 radical (unpaired) electrons. The van der Waals surface area contributed by atoms with Crippen molar-refractivity contribution < 1.29 is 9.18 Å². The number of nitrogens with zero attached hydrogens (tertiary/aromatic N) is 1. The maximum absolute atomic E-state index is 13.7. The number of halogens is 1. The van der Waals surface area contributed by atoms with Gasteiger partial charge in [-0.1, -0.05) is 11.6 Å². The number of anilines is 1. The molecule has 0 saturated heterocycles. The predicted molar refractivity (Wildman–Crippen MR) is 75.2 cm³/mol. The lowest BCUT2D eigenvalue weighted by Crippen LogP contribution is -2.13. The zero-order chi connectivity index (χ0) is 14.1. The van der Waals surface area contributed by atoms with Crippen LogP contribution in [0.15, 0.2) is 42.6 Å². The molecule has 2 N–H and O–H groups in total. The summed E-state index contributed by atoms with van der Waals surface area (Å²) in [5, 5.41) is 10.3. The van der Waals surface area contributed by atoms with E-state index in [2.05, 4.69) is 15.5 Å². The van der Waals surface area contributed by atoms with Crippen molar-refractivity contribution >= 4 is 22.5 Å². The molecule has 0 aliphatic carbocycles. The summed E-state index contributed by atoms with van der Waals surface area (Å²) in [6.07, 6.45) is 1.66. The lowest BCUT2D eigenvalue weighted by atomic mass is 10.1. The quantitative estimate of drug-likeness (QED) is 0.750. The van der Waals surface area contributed by atoms with Crippen LogP contribution in [0.5, 0.6) is 0 Å². The fraction of sp³-hybridized carbons (Fsp3) is 0.0667. The molecule has 0 bridgehead atoms. The third-order valence-corrected chi connectivity index (χ3v) is 3.06. The predicted octanol–water partition coefficient (Wildman–Crippen LogP) is 3.26. The van der Waals surface area contributed by atoms with Gasteiger partial charge in [-0.05, 0) is 37.3 Å². The SMILES string of the molecule is Cc1ccc(F)c(C(=O)Nc2ccc3[nH]ncc3c2)c1. The first-order valence-electron chi connectivity index (χ1n) is 6.14. The van der Waals surface area contributed by atoms with Crippen LogP contribution in [-0.4, -0.2) is 16.1 Å². The molecule has 0 unspecified atom stereocenters. The molecule has 20 heavy (non-hydrogen) atoms. The van der Waals surface area contributed by atoms with E-state index >= 15 is 0 Å². The van der Waals surface area contributed by atoms with Crippen LogP contribution in [0.3, 0.4) is 0 Å². The van der Waals surface area contributed by atoms with Crippen molar-refractivity contribution in [2.45, 2.75) is 6.92 Å². The Morgan fingerprint density at radius 3 is 2.95 bits per heavy atom. The molecule has 2 aromatic carbocycles. The Morgan fingerprint density at radius 2 is 2.10 bits per heavy atom. The topological polar surface area (TPSA) is 57.8 Å². The summed E-state index contributed by atoms with van der Waals surface area (Å²) in [6, 6.07) is 9.79. The second-order valence-electron chi connectivity index (χ2n) is 4.61. The fourth-order valence-electron chi connectivity index (χ4n) is 2.03. The summed E-state index contributed by atoms with van der Waals surface area (Å²) in [6.45, 7) is 1.81. The molecule has 1 amide bonds. The minimum absolute atomic E-state index is 0.0392. The van der Waals surface area contributed by atoms with E-state index in [9.17, 15) is 9.18 Å². The van der Waals surface area contributed by atoms with E-state index in [1.54, 1.807) is 24.4 Å². The standard InChI is InChI=1S/C15H12FN3O/c1-9-2-4-13(16)12(6-9)15(20)18-11-3-5-14-10(7-11)8-17-19-14/h2-8H,1H3,(H,17,19)(H,18,20). The number of aryl methyl sites for hydroxylation is 1. The van der Waals surface area contributed by atoms with Crippen LogP contribution >= 0.6 is 0 Å². The van der Waals surface area contributed by atoms with Crippen LogP contribution < -0.4 is 5.32 Å². The van der Waals surface area contributed by atoms with Gasteiger partial charge < -0.3 is 5.32 Å². The average Bonchev–Trinajstić information content (AvgIpc) is 2.89. The third-order valence-electron chi connectivity index (χ3n) is 3.06. The lowest BCUT2D eigenvalue weighted by Gasteiger charge is -2.07. The van der Waals surface area contributed by atoms with Gasteiger partial charge in [0.1, 0.15) is 5.82 Å². The fourth-order valence-corrected chi connectivity index (χ4v) is 2.03. The summed E-state index contributed by atoms with van der Waals surface area (Å²) < 4.78 is 13.7. The molecule has 0 atom stereocenters. The monoisotopic (exact) mass is 269 g/mol. The smallest absolute Gasteiger partial charge is 0.258 e. The van der Waals surface area contributed by atoms with Crippen molar-refractivity contribution in [3.05, 3.63) is 59.5 Å². The summed E-state index contributed by atoms with van der Waals surface area (Å²) in [5.74, 6) is -0.994. The third kappa shape index (κ3) is 2.25. The van der Waals surface area contributed by atoms with Gasteiger partial charge in [-0.2, -0.15) is 5.10 Å². The molecule has 100 valence electrons. The number of hydrogen-bond donors (Lipinski definition) is 2. The van der Waals surface area contributed by atoms with Gasteiger partial charge in [-0.3, -0.25) is 9.89 Å². The number of benzene rings is 2. The number of aromatic amines is 1. The highest BCUT2D eigenvalue weighted by Gasteiger charge is 2.12. The Kier molecular flexibility index (Phi) is 2.95. The van der Waals surface area contributed by atoms with Crippen molar-refractivity contribution in [2.75, 3.05) is 5.32 Å². The Labute approximate surface area is 114 Å². The van der Waals surface area contributed by atoms with Crippen LogP contribution in [-0.2, 0) is 0 Å². The number of aromatic nitrogens is 2. The first-order valence-corrected chi connectivity index (χ1v) is 6.14. The van der Waals surface area contributed by atoms with Gasteiger partial charge in [0.2, 0.25) is 0 Å². The van der Waals surface area contributed by atoms with Gasteiger partial charge in [0.25, 0.3) is 5.91 Å². The molecule has 0 fully saturated rings. The molecule has 3 aromatic rings. The van der Waals surface area contributed by atoms with E-state index in [1.165, 1.54) is 12.1 Å². The van der Waals surface area contributed by atoms with E-state index in [1.807, 2.05) is 13.0 Å². The van der Waals surface area contributed by atoms with Crippen molar-refractivity contribution in [2.24, 2.45) is 0 Å². The molecule has 0 spiro atoms. The lowest BCUT2D eigenvalue weighted by molar-refractivity contribution is 0.102. The van der Waals surface area contributed by atoms with E-state index in [0.29, 0.717) is 5.69 Å². The molecule has 0 saturated carbocycles. The molecule has 0 aliphatic rings. The number of fused-ring (bicyclic) bond motifs is 1. The molecular formula is C15H12FN3O. The highest BCUT2D eigenvalue weighted by Crippen LogP contribution is 2.18. The second kappa shape index (κ2) is 4.77. The second-order valence-corrected chi connectivity index (χ2v) is 4.61. The largest absolute Gasteiger partial charge is 0.322 e. The summed E-state index contributed by atoms with van der Waals surface area (Å²) in [4.78, 5) is 12.1. The summed E-state index contributed by atoms with van der Waals surface area (Å²) in [7, 11) is 0. The summed E-state index contributed by atoms with van der Waals surface area (Å²) >= 11 is 0. The van der Waals surface area contributed by atoms with Gasteiger partial charge >= 0.3 is 0 Å². The Balaban J connectivity index is 1.89. The molecule has 4 nitrogen and oxygen atoms in total. The van der Waals surface area contributed by atoms with Crippen molar-refractivity contribution in [1.82, 2.24) is 10.2 Å². The van der Waals surface area contributed by atoms with E-state index in [0.717, 1.165) is 16.5 Å². The van der Waals surface area contributed by atoms with Crippen LogP contribution in [0, 0.1) is 12.7 Å². The van der Waals surface area contributed by atoms with E-state index < -0.39 is 11.7 Å². The molecule has 1 heterocycles. The number of carbonyl (C=O) groups is 1. The number of rotatable bonds is 2. The average molecular weight is 269 g/mol. The zero-order valence-electron chi connectivity index (χ0n) is 10.8. The van der Waals surface area contributed by atoms with Crippen molar-refractivity contribution in [1.29, 1.82) is 0 Å². The minimum atomic E-state index is -0.530. The van der Waals surface area contributed by atoms with Gasteiger partial charge in [0.05, 0.1) is 17.3 Å². The molecule has 5 heteroatoms. The molecule has 1 aromatic heterocycles. The maximum Gasteiger partial charge on any atom is 0.258 e. The van der Waals surface area contributed by atoms with Gasteiger partial charge in [0.15, 0.2) is 0 Å². The van der Waals surface area contributed by atoms with Crippen LogP contribution in [0.4, 0.5) is 10.1 Å². The maximum atomic E-state index is 13.7. The minimum Gasteiger partial charge on any atom is -0.322 e. The number of amides is 1. The Morgan fingerprint density at radius 1 is 1.25 bits per heavy atom. The highest BCUT2D eigenvalue weighted by atomic mass is 19.1. The van der Waals surface area contributed by atoms with E-state index in [-0.39, 0.29) is 5.56 Å². The van der Waals surface area contributed by atoms with E-state index in [4.69, 9.17) is 0 Å². The normalized spacial score (nSPS) is 10.7. The van der Waals surface area contributed by atoms with Crippen molar-refractivity contribution in [3.8, 4) is 0 Å². The number of nitrogens with one attached hydrogen (secondary N) is 2. The summed E-state index contributed by atoms with van der Waals surface area (Å²) in [5.41, 5.74) is 2.36. The van der Waals surface area contributed by atoms with Gasteiger partial charge in [0, 0.05) is 11.1 Å². The van der Waals surface area contributed by atoms with Crippen molar-refractivity contribution in [3.63, 3.8) is 0 Å². The highest BCUT2D eigenvalue weighted by molar-refractivity contribution is 6.05. The Bertz CT molecular complexity index is 795. The zero-order valence-corrected chi connectivity index (χ0v) is 10.8. The van der Waals surface area contributed by atoms with Crippen LogP contribution in [0.2, 0.25) is 0 Å². The number of carbonyl (C=O) groups excluding carboxylic acids is 1. The Hall–Kier alpha value is -2.69. The van der Waals surface area contributed by atoms with Crippen LogP contribution in [0.25, 0.3) is 10.9 Å². The first kappa shape index (κ1) is 12.3. The molecule has 3 rings (SSSR count). The van der Waals surface area contributed by atoms with Gasteiger partial charge in [-0.15, -0.1) is 0 Å². The number of H-pyrrole nitrogens is 1. The van der Waals surface area contributed by atoms with Crippen LogP contribution in [0.1, 0.15) is 15.9 Å².